The predicted molar refractivity (Wildman–Crippen MR) is 40.5 cm³/mol. The van der Waals surface area contributed by atoms with Crippen LogP contribution in [0.2, 0.25) is 0 Å². The van der Waals surface area contributed by atoms with Gasteiger partial charge in [-0.3, -0.25) is 4.79 Å². The number of ether oxygens (including phenoxy) is 2. The number of hydrogen-bond acceptors (Lipinski definition) is 3. The van der Waals surface area contributed by atoms with Gasteiger partial charge in [-0.15, -0.1) is 0 Å². The second kappa shape index (κ2) is 2.91. The molecule has 0 unspecified atom stereocenters. The number of rotatable bonds is 1. The van der Waals surface area contributed by atoms with Gasteiger partial charge in [0, 0.05) is 0 Å². The monoisotopic (exact) mass is 158 g/mol. The average molecular weight is 158 g/mol. The number of Topliss-reactive ketones (excluding diaryl/α,β-unsaturated/α-hetero) is 1. The minimum Gasteiger partial charge on any atom is -0.370 e. The Bertz CT molecular complexity index is 153. The fourth-order valence-corrected chi connectivity index (χ4v) is 0.927. The molecule has 0 aromatic carbocycles. The van der Waals surface area contributed by atoms with E-state index in [0.29, 0.717) is 13.2 Å². The standard InChI is InChI=1S/C8H14O3/c1-6(9)7-4-11-8(2,3)5-10-7/h7H,4-5H2,1-3H3/t7-/m0/s1. The van der Waals surface area contributed by atoms with Gasteiger partial charge in [-0.05, 0) is 20.8 Å². The molecule has 0 aromatic rings. The van der Waals surface area contributed by atoms with Crippen molar-refractivity contribution < 1.29 is 14.3 Å². The van der Waals surface area contributed by atoms with Crippen LogP contribution in [-0.4, -0.2) is 30.7 Å². The number of carbonyl (C=O) groups excluding carboxylic acids is 1. The van der Waals surface area contributed by atoms with Crippen LogP contribution in [0.5, 0.6) is 0 Å². The van der Waals surface area contributed by atoms with Gasteiger partial charge in [-0.1, -0.05) is 0 Å². The molecule has 1 atom stereocenters. The van der Waals surface area contributed by atoms with Crippen LogP contribution in [0.3, 0.4) is 0 Å². The van der Waals surface area contributed by atoms with E-state index in [4.69, 9.17) is 9.47 Å². The molecule has 0 spiro atoms. The lowest BCUT2D eigenvalue weighted by Crippen LogP contribution is -2.44. The zero-order valence-electron chi connectivity index (χ0n) is 7.22. The van der Waals surface area contributed by atoms with Crippen LogP contribution >= 0.6 is 0 Å². The summed E-state index contributed by atoms with van der Waals surface area (Å²) in [6, 6.07) is 0. The molecular formula is C8H14O3. The molecule has 0 N–H and O–H groups in total. The van der Waals surface area contributed by atoms with Gasteiger partial charge in [0.15, 0.2) is 5.78 Å². The third-order valence-electron chi connectivity index (χ3n) is 1.71. The topological polar surface area (TPSA) is 35.5 Å². The van der Waals surface area contributed by atoms with E-state index >= 15 is 0 Å². The molecule has 11 heavy (non-hydrogen) atoms. The molecule has 0 saturated carbocycles. The Morgan fingerprint density at radius 2 is 2.18 bits per heavy atom. The highest BCUT2D eigenvalue weighted by atomic mass is 16.6. The smallest absolute Gasteiger partial charge is 0.160 e. The van der Waals surface area contributed by atoms with E-state index in [1.54, 1.807) is 0 Å². The van der Waals surface area contributed by atoms with E-state index in [2.05, 4.69) is 0 Å². The van der Waals surface area contributed by atoms with Crippen LogP contribution in [0, 0.1) is 0 Å². The van der Waals surface area contributed by atoms with Crippen molar-refractivity contribution in [3.63, 3.8) is 0 Å². The van der Waals surface area contributed by atoms with E-state index in [1.807, 2.05) is 13.8 Å². The maximum atomic E-state index is 10.8. The van der Waals surface area contributed by atoms with Gasteiger partial charge >= 0.3 is 0 Å². The maximum Gasteiger partial charge on any atom is 0.160 e. The van der Waals surface area contributed by atoms with E-state index in [9.17, 15) is 4.79 Å². The molecule has 0 radical (unpaired) electrons. The summed E-state index contributed by atoms with van der Waals surface area (Å²) in [6.45, 7) is 6.30. The van der Waals surface area contributed by atoms with Gasteiger partial charge in [-0.25, -0.2) is 0 Å². The fraction of sp³-hybridized carbons (Fsp3) is 0.875. The quantitative estimate of drug-likeness (QED) is 0.565. The number of carbonyl (C=O) groups is 1. The van der Waals surface area contributed by atoms with Crippen LogP contribution in [0.15, 0.2) is 0 Å². The fourth-order valence-electron chi connectivity index (χ4n) is 0.927. The van der Waals surface area contributed by atoms with Gasteiger partial charge in [-0.2, -0.15) is 0 Å². The Balaban J connectivity index is 2.42. The number of hydrogen-bond donors (Lipinski definition) is 0. The summed E-state index contributed by atoms with van der Waals surface area (Å²) >= 11 is 0. The highest BCUT2D eigenvalue weighted by Crippen LogP contribution is 2.17. The van der Waals surface area contributed by atoms with Crippen LogP contribution in [0.4, 0.5) is 0 Å². The van der Waals surface area contributed by atoms with Gasteiger partial charge in [0.25, 0.3) is 0 Å². The summed E-state index contributed by atoms with van der Waals surface area (Å²) in [7, 11) is 0. The zero-order chi connectivity index (χ0) is 8.48. The molecule has 1 rings (SSSR count). The van der Waals surface area contributed by atoms with E-state index in [0.717, 1.165) is 0 Å². The van der Waals surface area contributed by atoms with Crippen LogP contribution in [0.25, 0.3) is 0 Å². The van der Waals surface area contributed by atoms with Gasteiger partial charge in [0.2, 0.25) is 0 Å². The first-order chi connectivity index (χ1) is 5.01. The molecule has 1 aliphatic heterocycles. The van der Waals surface area contributed by atoms with Crippen molar-refractivity contribution in [3.8, 4) is 0 Å². The third-order valence-corrected chi connectivity index (χ3v) is 1.71. The summed E-state index contributed by atoms with van der Waals surface area (Å²) in [5.41, 5.74) is -0.230. The molecule has 1 fully saturated rings. The first-order valence-electron chi connectivity index (χ1n) is 3.77. The lowest BCUT2D eigenvalue weighted by atomic mass is 10.1. The largest absolute Gasteiger partial charge is 0.370 e. The van der Waals surface area contributed by atoms with Gasteiger partial charge < -0.3 is 9.47 Å². The van der Waals surface area contributed by atoms with Gasteiger partial charge in [0.1, 0.15) is 6.10 Å². The van der Waals surface area contributed by atoms with Crippen molar-refractivity contribution in [3.05, 3.63) is 0 Å². The van der Waals surface area contributed by atoms with Crippen molar-refractivity contribution in [1.29, 1.82) is 0 Å². The summed E-state index contributed by atoms with van der Waals surface area (Å²) in [5, 5.41) is 0. The van der Waals surface area contributed by atoms with E-state index in [1.165, 1.54) is 6.92 Å². The molecule has 1 heterocycles. The molecule has 0 amide bonds. The molecule has 1 aliphatic rings. The Hall–Kier alpha value is -0.410. The first-order valence-corrected chi connectivity index (χ1v) is 3.77. The van der Waals surface area contributed by atoms with Crippen LogP contribution in [-0.2, 0) is 14.3 Å². The molecule has 0 aromatic heterocycles. The molecule has 0 bridgehead atoms. The minimum absolute atomic E-state index is 0.0421. The summed E-state index contributed by atoms with van der Waals surface area (Å²) in [6.07, 6.45) is -0.344. The van der Waals surface area contributed by atoms with Crippen molar-refractivity contribution >= 4 is 5.78 Å². The Kier molecular flexibility index (Phi) is 2.30. The van der Waals surface area contributed by atoms with E-state index < -0.39 is 0 Å². The Morgan fingerprint density at radius 1 is 1.55 bits per heavy atom. The summed E-state index contributed by atoms with van der Waals surface area (Å²) in [4.78, 5) is 10.8. The molecular weight excluding hydrogens is 144 g/mol. The van der Waals surface area contributed by atoms with Crippen molar-refractivity contribution in [2.45, 2.75) is 32.5 Å². The van der Waals surface area contributed by atoms with Crippen molar-refractivity contribution in [2.24, 2.45) is 0 Å². The molecule has 64 valence electrons. The maximum absolute atomic E-state index is 10.8. The highest BCUT2D eigenvalue weighted by molar-refractivity contribution is 5.80. The normalized spacial score (nSPS) is 29.9. The zero-order valence-corrected chi connectivity index (χ0v) is 7.22. The number of ketones is 1. The minimum atomic E-state index is -0.344. The van der Waals surface area contributed by atoms with Gasteiger partial charge in [0.05, 0.1) is 18.8 Å². The highest BCUT2D eigenvalue weighted by Gasteiger charge is 2.30. The SMILES string of the molecule is CC(=O)[C@@H]1COC(C)(C)CO1. The lowest BCUT2D eigenvalue weighted by molar-refractivity contribution is -0.180. The van der Waals surface area contributed by atoms with E-state index in [-0.39, 0.29) is 17.5 Å². The Morgan fingerprint density at radius 3 is 2.55 bits per heavy atom. The molecule has 3 heteroatoms. The second-order valence-corrected chi connectivity index (χ2v) is 3.48. The summed E-state index contributed by atoms with van der Waals surface area (Å²) in [5.74, 6) is 0.0421. The van der Waals surface area contributed by atoms with Crippen LogP contribution < -0.4 is 0 Å². The Labute approximate surface area is 66.7 Å². The van der Waals surface area contributed by atoms with Crippen LogP contribution in [0.1, 0.15) is 20.8 Å². The second-order valence-electron chi connectivity index (χ2n) is 3.48. The summed E-state index contributed by atoms with van der Waals surface area (Å²) < 4.78 is 10.7. The predicted octanol–water partition coefficient (Wildman–Crippen LogP) is 0.769. The lowest BCUT2D eigenvalue weighted by Gasteiger charge is -2.33. The average Bonchev–Trinajstić information content (AvgIpc) is 1.86. The molecule has 0 aliphatic carbocycles. The third kappa shape index (κ3) is 2.27. The van der Waals surface area contributed by atoms with Crippen molar-refractivity contribution in [1.82, 2.24) is 0 Å². The van der Waals surface area contributed by atoms with Crippen molar-refractivity contribution in [2.75, 3.05) is 13.2 Å². The first kappa shape index (κ1) is 8.68. The molecule has 1 saturated heterocycles. The molecule has 3 nitrogen and oxygen atoms in total.